The monoisotopic (exact) mass is 198 g/mol. The van der Waals surface area contributed by atoms with E-state index in [-0.39, 0.29) is 11.8 Å². The van der Waals surface area contributed by atoms with Crippen LogP contribution in [0.3, 0.4) is 0 Å². The summed E-state index contributed by atoms with van der Waals surface area (Å²) in [6.07, 6.45) is 0. The molecule has 3 nitrogen and oxygen atoms in total. The molecule has 1 fully saturated rings. The van der Waals surface area contributed by atoms with Crippen molar-refractivity contribution < 1.29 is 4.79 Å². The number of nitrogens with one attached hydrogen (secondary N) is 2. The number of Topliss-reactive ketones (excluding diaryl/α,β-unsaturated/α-hetero) is 1. The lowest BCUT2D eigenvalue weighted by atomic mass is 9.91. The van der Waals surface area contributed by atoms with Crippen LogP contribution in [0.4, 0.5) is 0 Å². The number of hydrogen-bond donors (Lipinski definition) is 2. The third kappa shape index (κ3) is 2.79. The van der Waals surface area contributed by atoms with E-state index in [0.29, 0.717) is 17.9 Å². The lowest BCUT2D eigenvalue weighted by Gasteiger charge is -2.22. The standard InChI is InChI=1S/C11H22N2O/c1-7(2)11(14)9-5-12-6-10(9)13-8(3)4/h7-10,12-13H,5-6H2,1-4H3/t9?,10-/m0/s1. The molecule has 82 valence electrons. The summed E-state index contributed by atoms with van der Waals surface area (Å²) >= 11 is 0. The van der Waals surface area contributed by atoms with Gasteiger partial charge < -0.3 is 10.6 Å². The minimum Gasteiger partial charge on any atom is -0.314 e. The van der Waals surface area contributed by atoms with Gasteiger partial charge in [0.25, 0.3) is 0 Å². The summed E-state index contributed by atoms with van der Waals surface area (Å²) in [5.74, 6) is 0.696. The Morgan fingerprint density at radius 2 is 1.93 bits per heavy atom. The van der Waals surface area contributed by atoms with Crippen molar-refractivity contribution in [2.24, 2.45) is 11.8 Å². The molecule has 1 rings (SSSR count). The molecule has 1 saturated heterocycles. The summed E-state index contributed by atoms with van der Waals surface area (Å²) < 4.78 is 0. The molecule has 0 amide bonds. The maximum Gasteiger partial charge on any atom is 0.141 e. The second-order valence-electron chi connectivity index (χ2n) is 4.75. The first-order chi connectivity index (χ1) is 6.52. The van der Waals surface area contributed by atoms with Crippen LogP contribution < -0.4 is 10.6 Å². The highest BCUT2D eigenvalue weighted by molar-refractivity contribution is 5.84. The zero-order valence-electron chi connectivity index (χ0n) is 9.63. The van der Waals surface area contributed by atoms with Gasteiger partial charge in [0.05, 0.1) is 0 Å². The van der Waals surface area contributed by atoms with Crippen LogP contribution in [-0.2, 0) is 4.79 Å². The Morgan fingerprint density at radius 3 is 2.43 bits per heavy atom. The second-order valence-corrected chi connectivity index (χ2v) is 4.75. The zero-order valence-corrected chi connectivity index (χ0v) is 9.63. The van der Waals surface area contributed by atoms with Gasteiger partial charge in [0.2, 0.25) is 0 Å². The van der Waals surface area contributed by atoms with Gasteiger partial charge in [0.1, 0.15) is 5.78 Å². The predicted octanol–water partition coefficient (Wildman–Crippen LogP) is 0.797. The molecule has 1 heterocycles. The van der Waals surface area contributed by atoms with E-state index < -0.39 is 0 Å². The van der Waals surface area contributed by atoms with E-state index in [4.69, 9.17) is 0 Å². The molecule has 0 bridgehead atoms. The normalized spacial score (nSPS) is 27.6. The topological polar surface area (TPSA) is 41.1 Å². The molecule has 2 N–H and O–H groups in total. The highest BCUT2D eigenvalue weighted by Crippen LogP contribution is 2.15. The lowest BCUT2D eigenvalue weighted by molar-refractivity contribution is -0.125. The molecular weight excluding hydrogens is 176 g/mol. The summed E-state index contributed by atoms with van der Waals surface area (Å²) in [6.45, 7) is 9.95. The van der Waals surface area contributed by atoms with Crippen molar-refractivity contribution in [2.75, 3.05) is 13.1 Å². The van der Waals surface area contributed by atoms with Gasteiger partial charge in [-0.2, -0.15) is 0 Å². The van der Waals surface area contributed by atoms with E-state index in [1.165, 1.54) is 0 Å². The number of rotatable bonds is 4. The van der Waals surface area contributed by atoms with Gasteiger partial charge in [-0.15, -0.1) is 0 Å². The number of hydrogen-bond acceptors (Lipinski definition) is 3. The van der Waals surface area contributed by atoms with Gasteiger partial charge in [-0.25, -0.2) is 0 Å². The third-order valence-electron chi connectivity index (χ3n) is 2.70. The Hall–Kier alpha value is -0.410. The number of carbonyl (C=O) groups excluding carboxylic acids is 1. The number of carbonyl (C=O) groups is 1. The number of ketones is 1. The van der Waals surface area contributed by atoms with E-state index in [0.717, 1.165) is 13.1 Å². The molecule has 1 aliphatic heterocycles. The van der Waals surface area contributed by atoms with Crippen molar-refractivity contribution in [1.29, 1.82) is 0 Å². The zero-order chi connectivity index (χ0) is 10.7. The van der Waals surface area contributed by atoms with Crippen LogP contribution in [0.1, 0.15) is 27.7 Å². The van der Waals surface area contributed by atoms with Crippen molar-refractivity contribution >= 4 is 5.78 Å². The highest BCUT2D eigenvalue weighted by atomic mass is 16.1. The molecule has 1 unspecified atom stereocenters. The fourth-order valence-electron chi connectivity index (χ4n) is 2.01. The molecule has 1 aliphatic rings. The minimum absolute atomic E-state index is 0.149. The summed E-state index contributed by atoms with van der Waals surface area (Å²) in [5.41, 5.74) is 0. The first-order valence-electron chi connectivity index (χ1n) is 5.53. The molecule has 0 aromatic carbocycles. The Morgan fingerprint density at radius 1 is 1.29 bits per heavy atom. The first-order valence-corrected chi connectivity index (χ1v) is 5.53. The fraction of sp³-hybridized carbons (Fsp3) is 0.909. The molecule has 14 heavy (non-hydrogen) atoms. The Bertz CT molecular complexity index is 201. The van der Waals surface area contributed by atoms with Crippen LogP contribution in [-0.4, -0.2) is 31.0 Å². The maximum absolute atomic E-state index is 11.9. The molecule has 0 aliphatic carbocycles. The van der Waals surface area contributed by atoms with Gasteiger partial charge in [-0.05, 0) is 0 Å². The van der Waals surface area contributed by atoms with Crippen molar-refractivity contribution in [3.63, 3.8) is 0 Å². The van der Waals surface area contributed by atoms with Crippen LogP contribution in [0.5, 0.6) is 0 Å². The van der Waals surface area contributed by atoms with Crippen molar-refractivity contribution in [1.82, 2.24) is 10.6 Å². The second kappa shape index (κ2) is 4.89. The smallest absolute Gasteiger partial charge is 0.141 e. The van der Waals surface area contributed by atoms with E-state index in [1.54, 1.807) is 0 Å². The fourth-order valence-corrected chi connectivity index (χ4v) is 2.01. The van der Waals surface area contributed by atoms with Crippen LogP contribution in [0, 0.1) is 11.8 Å². The SMILES string of the molecule is CC(C)N[C@H]1CNCC1C(=O)C(C)C. The van der Waals surface area contributed by atoms with E-state index in [9.17, 15) is 4.79 Å². The van der Waals surface area contributed by atoms with E-state index in [2.05, 4.69) is 24.5 Å². The molecule has 0 aromatic heterocycles. The average molecular weight is 198 g/mol. The molecule has 0 saturated carbocycles. The molecule has 0 aromatic rings. The Balaban J connectivity index is 2.55. The molecule has 0 radical (unpaired) electrons. The van der Waals surface area contributed by atoms with Crippen LogP contribution in [0.2, 0.25) is 0 Å². The molecule has 0 spiro atoms. The molecule has 2 atom stereocenters. The summed E-state index contributed by atoms with van der Waals surface area (Å²) in [4.78, 5) is 11.9. The van der Waals surface area contributed by atoms with Crippen LogP contribution >= 0.6 is 0 Å². The largest absolute Gasteiger partial charge is 0.314 e. The quantitative estimate of drug-likeness (QED) is 0.702. The lowest BCUT2D eigenvalue weighted by Crippen LogP contribution is -2.43. The van der Waals surface area contributed by atoms with E-state index in [1.807, 2.05) is 13.8 Å². The van der Waals surface area contributed by atoms with Crippen molar-refractivity contribution in [3.05, 3.63) is 0 Å². The third-order valence-corrected chi connectivity index (χ3v) is 2.70. The highest BCUT2D eigenvalue weighted by Gasteiger charge is 2.33. The average Bonchev–Trinajstić information content (AvgIpc) is 2.49. The Kier molecular flexibility index (Phi) is 4.08. The van der Waals surface area contributed by atoms with Gasteiger partial charge >= 0.3 is 0 Å². The van der Waals surface area contributed by atoms with Gasteiger partial charge in [-0.3, -0.25) is 4.79 Å². The molecular formula is C11H22N2O. The van der Waals surface area contributed by atoms with E-state index >= 15 is 0 Å². The summed E-state index contributed by atoms with van der Waals surface area (Å²) in [6, 6.07) is 0.771. The maximum atomic E-state index is 11.9. The summed E-state index contributed by atoms with van der Waals surface area (Å²) in [5, 5.41) is 6.72. The predicted molar refractivity (Wildman–Crippen MR) is 58.3 cm³/mol. The van der Waals surface area contributed by atoms with Gasteiger partial charge in [0, 0.05) is 37.0 Å². The van der Waals surface area contributed by atoms with Gasteiger partial charge in [-0.1, -0.05) is 27.7 Å². The van der Waals surface area contributed by atoms with Crippen LogP contribution in [0.15, 0.2) is 0 Å². The molecule has 3 heteroatoms. The van der Waals surface area contributed by atoms with Crippen molar-refractivity contribution in [2.45, 2.75) is 39.8 Å². The van der Waals surface area contributed by atoms with Crippen molar-refractivity contribution in [3.8, 4) is 0 Å². The van der Waals surface area contributed by atoms with Gasteiger partial charge in [0.15, 0.2) is 0 Å². The Labute approximate surface area is 86.6 Å². The van der Waals surface area contributed by atoms with Crippen LogP contribution in [0.25, 0.3) is 0 Å². The minimum atomic E-state index is 0.149. The summed E-state index contributed by atoms with van der Waals surface area (Å²) in [7, 11) is 0. The first kappa shape index (κ1) is 11.7.